The van der Waals surface area contributed by atoms with Crippen LogP contribution in [0.3, 0.4) is 0 Å². The highest BCUT2D eigenvalue weighted by Crippen LogP contribution is 2.22. The van der Waals surface area contributed by atoms with Crippen LogP contribution in [0, 0.1) is 0 Å². The number of carbonyl (C=O) groups is 2. The Kier molecular flexibility index (Phi) is 6.20. The highest BCUT2D eigenvalue weighted by atomic mass is 16.5. The SMILES string of the molecule is O=C(CCNC(=O)c1ccccc1)Nc1ccc(Oc2ccccc2)cc1. The van der Waals surface area contributed by atoms with Crippen molar-refractivity contribution in [2.75, 3.05) is 11.9 Å². The van der Waals surface area contributed by atoms with Gasteiger partial charge in [-0.15, -0.1) is 0 Å². The van der Waals surface area contributed by atoms with Gasteiger partial charge in [0.05, 0.1) is 0 Å². The summed E-state index contributed by atoms with van der Waals surface area (Å²) in [6, 6.07) is 25.5. The van der Waals surface area contributed by atoms with E-state index in [1.165, 1.54) is 0 Å². The summed E-state index contributed by atoms with van der Waals surface area (Å²) in [5, 5.41) is 5.53. The monoisotopic (exact) mass is 360 g/mol. The van der Waals surface area contributed by atoms with Crippen molar-refractivity contribution in [2.45, 2.75) is 6.42 Å². The van der Waals surface area contributed by atoms with E-state index in [4.69, 9.17) is 4.74 Å². The first-order valence-electron chi connectivity index (χ1n) is 8.67. The van der Waals surface area contributed by atoms with Crippen molar-refractivity contribution >= 4 is 17.5 Å². The van der Waals surface area contributed by atoms with Gasteiger partial charge >= 0.3 is 0 Å². The Labute approximate surface area is 158 Å². The molecule has 0 spiro atoms. The molecule has 3 aromatic rings. The average molecular weight is 360 g/mol. The number of rotatable bonds is 7. The molecular weight excluding hydrogens is 340 g/mol. The first-order valence-corrected chi connectivity index (χ1v) is 8.67. The van der Waals surface area contributed by atoms with E-state index >= 15 is 0 Å². The number of anilines is 1. The molecule has 136 valence electrons. The van der Waals surface area contributed by atoms with E-state index in [1.54, 1.807) is 48.5 Å². The summed E-state index contributed by atoms with van der Waals surface area (Å²) < 4.78 is 5.71. The average Bonchev–Trinajstić information content (AvgIpc) is 2.71. The molecule has 0 unspecified atom stereocenters. The molecule has 0 heterocycles. The molecule has 3 rings (SSSR count). The summed E-state index contributed by atoms with van der Waals surface area (Å²) in [6.45, 7) is 0.273. The number of hydrogen-bond donors (Lipinski definition) is 2. The van der Waals surface area contributed by atoms with Crippen molar-refractivity contribution in [3.63, 3.8) is 0 Å². The molecule has 0 bridgehead atoms. The van der Waals surface area contributed by atoms with Crippen LogP contribution in [0.5, 0.6) is 11.5 Å². The second-order valence-electron chi connectivity index (χ2n) is 5.86. The van der Waals surface area contributed by atoms with Gasteiger partial charge in [0.25, 0.3) is 5.91 Å². The standard InChI is InChI=1S/C22H20N2O3/c25-21(15-16-23-22(26)17-7-3-1-4-8-17)24-18-11-13-20(14-12-18)27-19-9-5-2-6-10-19/h1-14H,15-16H2,(H,23,26)(H,24,25). The Morgan fingerprint density at radius 2 is 1.33 bits per heavy atom. The molecule has 5 nitrogen and oxygen atoms in total. The number of para-hydroxylation sites is 1. The topological polar surface area (TPSA) is 67.4 Å². The Morgan fingerprint density at radius 3 is 2.00 bits per heavy atom. The fourth-order valence-corrected chi connectivity index (χ4v) is 2.44. The van der Waals surface area contributed by atoms with Crippen molar-refractivity contribution in [3.05, 3.63) is 90.5 Å². The molecule has 0 atom stereocenters. The van der Waals surface area contributed by atoms with Crippen LogP contribution in [0.1, 0.15) is 16.8 Å². The molecule has 3 aromatic carbocycles. The summed E-state index contributed by atoms with van der Waals surface area (Å²) >= 11 is 0. The first kappa shape index (κ1) is 18.2. The van der Waals surface area contributed by atoms with Crippen molar-refractivity contribution < 1.29 is 14.3 Å². The molecule has 2 N–H and O–H groups in total. The number of benzene rings is 3. The van der Waals surface area contributed by atoms with Crippen LogP contribution in [0.2, 0.25) is 0 Å². The van der Waals surface area contributed by atoms with Crippen LogP contribution in [-0.4, -0.2) is 18.4 Å². The second-order valence-corrected chi connectivity index (χ2v) is 5.86. The van der Waals surface area contributed by atoms with E-state index in [2.05, 4.69) is 10.6 Å². The van der Waals surface area contributed by atoms with E-state index in [0.717, 1.165) is 5.75 Å². The minimum absolute atomic E-state index is 0.167. The Morgan fingerprint density at radius 1 is 0.741 bits per heavy atom. The quantitative estimate of drug-likeness (QED) is 0.662. The lowest BCUT2D eigenvalue weighted by Crippen LogP contribution is -2.27. The maximum atomic E-state index is 12.0. The Bertz CT molecular complexity index is 878. The predicted octanol–water partition coefficient (Wildman–Crippen LogP) is 4.24. The maximum Gasteiger partial charge on any atom is 0.251 e. The van der Waals surface area contributed by atoms with Crippen LogP contribution in [0.15, 0.2) is 84.9 Å². The van der Waals surface area contributed by atoms with Gasteiger partial charge in [-0.1, -0.05) is 36.4 Å². The van der Waals surface area contributed by atoms with Crippen LogP contribution in [0.25, 0.3) is 0 Å². The minimum Gasteiger partial charge on any atom is -0.457 e. The zero-order chi connectivity index (χ0) is 18.9. The number of ether oxygens (including phenoxy) is 1. The van der Waals surface area contributed by atoms with Crippen LogP contribution in [0.4, 0.5) is 5.69 Å². The fraction of sp³-hybridized carbons (Fsp3) is 0.0909. The zero-order valence-corrected chi connectivity index (χ0v) is 14.7. The van der Waals surface area contributed by atoms with Gasteiger partial charge in [-0.25, -0.2) is 0 Å². The minimum atomic E-state index is -0.189. The lowest BCUT2D eigenvalue weighted by Gasteiger charge is -2.09. The van der Waals surface area contributed by atoms with Gasteiger partial charge in [-0.3, -0.25) is 9.59 Å². The summed E-state index contributed by atoms with van der Waals surface area (Å²) in [5.41, 5.74) is 1.25. The van der Waals surface area contributed by atoms with Gasteiger partial charge in [0.15, 0.2) is 0 Å². The predicted molar refractivity (Wildman–Crippen MR) is 105 cm³/mol. The summed E-state index contributed by atoms with van der Waals surface area (Å²) in [6.07, 6.45) is 0.195. The molecule has 0 radical (unpaired) electrons. The van der Waals surface area contributed by atoms with Crippen molar-refractivity contribution in [1.82, 2.24) is 5.32 Å². The van der Waals surface area contributed by atoms with Gasteiger partial charge in [0.1, 0.15) is 11.5 Å². The van der Waals surface area contributed by atoms with Crippen LogP contribution >= 0.6 is 0 Å². The largest absolute Gasteiger partial charge is 0.457 e. The molecule has 0 aliphatic carbocycles. The summed E-state index contributed by atoms with van der Waals surface area (Å²) in [5.74, 6) is 1.09. The smallest absolute Gasteiger partial charge is 0.251 e. The lowest BCUT2D eigenvalue weighted by molar-refractivity contribution is -0.116. The van der Waals surface area contributed by atoms with Crippen molar-refractivity contribution in [3.8, 4) is 11.5 Å². The lowest BCUT2D eigenvalue weighted by atomic mass is 10.2. The number of carbonyl (C=O) groups excluding carboxylic acids is 2. The molecular formula is C22H20N2O3. The molecule has 27 heavy (non-hydrogen) atoms. The third kappa shape index (κ3) is 5.71. The Hall–Kier alpha value is -3.60. The summed E-state index contributed by atoms with van der Waals surface area (Å²) in [4.78, 5) is 23.9. The van der Waals surface area contributed by atoms with Crippen LogP contribution < -0.4 is 15.4 Å². The molecule has 0 aromatic heterocycles. The molecule has 0 aliphatic heterocycles. The highest BCUT2D eigenvalue weighted by Gasteiger charge is 2.06. The van der Waals surface area contributed by atoms with E-state index in [0.29, 0.717) is 17.0 Å². The number of amides is 2. The van der Waals surface area contributed by atoms with Gasteiger partial charge in [0, 0.05) is 24.2 Å². The number of hydrogen-bond acceptors (Lipinski definition) is 3. The van der Waals surface area contributed by atoms with Gasteiger partial charge in [-0.2, -0.15) is 0 Å². The van der Waals surface area contributed by atoms with E-state index < -0.39 is 0 Å². The summed E-state index contributed by atoms with van der Waals surface area (Å²) in [7, 11) is 0. The van der Waals surface area contributed by atoms with Gasteiger partial charge < -0.3 is 15.4 Å². The molecule has 0 fully saturated rings. The fourth-order valence-electron chi connectivity index (χ4n) is 2.44. The molecule has 2 amide bonds. The molecule has 5 heteroatoms. The van der Waals surface area contributed by atoms with E-state index in [-0.39, 0.29) is 24.8 Å². The maximum absolute atomic E-state index is 12.0. The molecule has 0 saturated heterocycles. The molecule has 0 saturated carbocycles. The van der Waals surface area contributed by atoms with Crippen molar-refractivity contribution in [1.29, 1.82) is 0 Å². The number of nitrogens with one attached hydrogen (secondary N) is 2. The highest BCUT2D eigenvalue weighted by molar-refractivity contribution is 5.95. The van der Waals surface area contributed by atoms with E-state index in [9.17, 15) is 9.59 Å². The second kappa shape index (κ2) is 9.20. The molecule has 0 aliphatic rings. The van der Waals surface area contributed by atoms with Crippen LogP contribution in [-0.2, 0) is 4.79 Å². The third-order valence-electron chi connectivity index (χ3n) is 3.79. The first-order chi connectivity index (χ1) is 13.2. The zero-order valence-electron chi connectivity index (χ0n) is 14.7. The van der Waals surface area contributed by atoms with Gasteiger partial charge in [-0.05, 0) is 48.5 Å². The van der Waals surface area contributed by atoms with Crippen molar-refractivity contribution in [2.24, 2.45) is 0 Å². The van der Waals surface area contributed by atoms with E-state index in [1.807, 2.05) is 36.4 Å². The third-order valence-corrected chi connectivity index (χ3v) is 3.79. The normalized spacial score (nSPS) is 10.1. The van der Waals surface area contributed by atoms with Gasteiger partial charge in [0.2, 0.25) is 5.91 Å². The Balaban J connectivity index is 1.43.